The predicted octanol–water partition coefficient (Wildman–Crippen LogP) is 3.48. The van der Waals surface area contributed by atoms with Gasteiger partial charge in [0.05, 0.1) is 13.2 Å². The maximum atomic E-state index is 10.4. The molecule has 0 saturated heterocycles. The largest absolute Gasteiger partial charge is 0.497 e. The van der Waals surface area contributed by atoms with E-state index in [-0.39, 0.29) is 0 Å². The molecule has 4 heteroatoms. The van der Waals surface area contributed by atoms with Crippen LogP contribution in [0.1, 0.15) is 29.5 Å². The number of aliphatic hydroxyl groups excluding tert-OH is 1. The fourth-order valence-electron chi connectivity index (χ4n) is 2.13. The second-order valence-electron chi connectivity index (χ2n) is 4.92. The first-order chi connectivity index (χ1) is 9.61. The van der Waals surface area contributed by atoms with Crippen LogP contribution >= 0.6 is 11.3 Å². The van der Waals surface area contributed by atoms with Crippen LogP contribution in [0.3, 0.4) is 0 Å². The highest BCUT2D eigenvalue weighted by atomic mass is 32.1. The second-order valence-corrected chi connectivity index (χ2v) is 5.90. The number of nitrogens with zero attached hydrogens (tertiary/aromatic N) is 1. The summed E-state index contributed by atoms with van der Waals surface area (Å²) in [4.78, 5) is 3.47. The summed E-state index contributed by atoms with van der Waals surface area (Å²) in [5, 5.41) is 12.4. The SMILES string of the molecule is COc1cccc(C(O)CN(C)C(C)c2cccs2)c1. The van der Waals surface area contributed by atoms with Crippen LogP contribution in [0.5, 0.6) is 5.75 Å². The van der Waals surface area contributed by atoms with Gasteiger partial charge in [-0.3, -0.25) is 4.90 Å². The van der Waals surface area contributed by atoms with Gasteiger partial charge >= 0.3 is 0 Å². The van der Waals surface area contributed by atoms with Gasteiger partial charge in [-0.1, -0.05) is 18.2 Å². The Bertz CT molecular complexity index is 527. The number of methoxy groups -OCH3 is 1. The highest BCUT2D eigenvalue weighted by Gasteiger charge is 2.17. The topological polar surface area (TPSA) is 32.7 Å². The Morgan fingerprint density at radius 3 is 2.75 bits per heavy atom. The van der Waals surface area contributed by atoms with E-state index in [1.165, 1.54) is 4.88 Å². The Labute approximate surface area is 124 Å². The Morgan fingerprint density at radius 1 is 1.30 bits per heavy atom. The van der Waals surface area contributed by atoms with Crippen LogP contribution in [0.15, 0.2) is 41.8 Å². The van der Waals surface area contributed by atoms with Crippen molar-refractivity contribution >= 4 is 11.3 Å². The maximum absolute atomic E-state index is 10.4. The first-order valence-electron chi connectivity index (χ1n) is 6.67. The van der Waals surface area contributed by atoms with E-state index in [1.54, 1.807) is 18.4 Å². The number of rotatable bonds is 6. The molecule has 1 N–H and O–H groups in total. The maximum Gasteiger partial charge on any atom is 0.119 e. The van der Waals surface area contributed by atoms with Crippen LogP contribution in [0, 0.1) is 0 Å². The van der Waals surface area contributed by atoms with E-state index in [2.05, 4.69) is 29.3 Å². The number of likely N-dealkylation sites (N-methyl/N-ethyl adjacent to an activating group) is 1. The van der Waals surface area contributed by atoms with Crippen LogP contribution < -0.4 is 4.74 Å². The van der Waals surface area contributed by atoms with Gasteiger partial charge in [-0.25, -0.2) is 0 Å². The van der Waals surface area contributed by atoms with E-state index >= 15 is 0 Å². The minimum absolute atomic E-state index is 0.301. The van der Waals surface area contributed by atoms with Gasteiger partial charge in [0.1, 0.15) is 5.75 Å². The van der Waals surface area contributed by atoms with Crippen molar-refractivity contribution in [1.29, 1.82) is 0 Å². The van der Waals surface area contributed by atoms with E-state index < -0.39 is 6.10 Å². The minimum atomic E-state index is -0.516. The average molecular weight is 291 g/mol. The lowest BCUT2D eigenvalue weighted by atomic mass is 10.1. The molecule has 0 radical (unpaired) electrons. The van der Waals surface area contributed by atoms with Crippen molar-refractivity contribution in [2.45, 2.75) is 19.1 Å². The van der Waals surface area contributed by atoms with Crippen molar-refractivity contribution in [3.8, 4) is 5.75 Å². The lowest BCUT2D eigenvalue weighted by molar-refractivity contribution is 0.109. The molecule has 0 saturated carbocycles. The molecule has 0 aliphatic carbocycles. The van der Waals surface area contributed by atoms with E-state index in [4.69, 9.17) is 4.74 Å². The summed E-state index contributed by atoms with van der Waals surface area (Å²) >= 11 is 1.75. The average Bonchev–Trinajstić information content (AvgIpc) is 3.00. The van der Waals surface area contributed by atoms with Crippen molar-refractivity contribution in [2.24, 2.45) is 0 Å². The van der Waals surface area contributed by atoms with Crippen LogP contribution in [0.25, 0.3) is 0 Å². The summed E-state index contributed by atoms with van der Waals surface area (Å²) < 4.78 is 5.19. The van der Waals surface area contributed by atoms with Crippen LogP contribution in [0.2, 0.25) is 0 Å². The first-order valence-corrected chi connectivity index (χ1v) is 7.55. The summed E-state index contributed by atoms with van der Waals surface area (Å²) in [6.45, 7) is 2.75. The Kier molecular flexibility index (Phi) is 5.17. The number of benzene rings is 1. The van der Waals surface area contributed by atoms with Crippen molar-refractivity contribution in [3.63, 3.8) is 0 Å². The lowest BCUT2D eigenvalue weighted by Crippen LogP contribution is -2.27. The van der Waals surface area contributed by atoms with Crippen molar-refractivity contribution in [1.82, 2.24) is 4.90 Å². The standard InChI is InChI=1S/C16H21NO2S/c1-12(16-8-5-9-20-16)17(2)11-15(18)13-6-4-7-14(10-13)19-3/h4-10,12,15,18H,11H2,1-3H3. The molecule has 0 bridgehead atoms. The lowest BCUT2D eigenvalue weighted by Gasteiger charge is -2.26. The van der Waals surface area contributed by atoms with E-state index in [1.807, 2.05) is 31.3 Å². The van der Waals surface area contributed by atoms with Gasteiger partial charge in [0.25, 0.3) is 0 Å². The van der Waals surface area contributed by atoms with Gasteiger partial charge in [0.15, 0.2) is 0 Å². The highest BCUT2D eigenvalue weighted by molar-refractivity contribution is 7.10. The second kappa shape index (κ2) is 6.88. The molecule has 0 aliphatic heterocycles. The quantitative estimate of drug-likeness (QED) is 0.884. The first kappa shape index (κ1) is 15.0. The highest BCUT2D eigenvalue weighted by Crippen LogP contribution is 2.26. The monoisotopic (exact) mass is 291 g/mol. The normalized spacial score (nSPS) is 14.2. The van der Waals surface area contributed by atoms with E-state index in [9.17, 15) is 5.11 Å². The summed E-state index contributed by atoms with van der Waals surface area (Å²) in [7, 11) is 3.67. The molecule has 2 aromatic rings. The van der Waals surface area contributed by atoms with Crippen molar-refractivity contribution in [3.05, 3.63) is 52.2 Å². The summed E-state index contributed by atoms with van der Waals surface area (Å²) in [5.74, 6) is 0.774. The Morgan fingerprint density at radius 2 is 2.10 bits per heavy atom. The number of hydrogen-bond donors (Lipinski definition) is 1. The summed E-state index contributed by atoms with van der Waals surface area (Å²) in [6.07, 6.45) is -0.516. The van der Waals surface area contributed by atoms with Gasteiger partial charge in [-0.05, 0) is 43.1 Å². The number of hydrogen-bond acceptors (Lipinski definition) is 4. The number of aliphatic hydroxyl groups is 1. The van der Waals surface area contributed by atoms with Crippen molar-refractivity contribution < 1.29 is 9.84 Å². The molecule has 2 atom stereocenters. The minimum Gasteiger partial charge on any atom is -0.497 e. The van der Waals surface area contributed by atoms with Gasteiger partial charge in [0, 0.05) is 17.5 Å². The van der Waals surface area contributed by atoms with Crippen molar-refractivity contribution in [2.75, 3.05) is 20.7 Å². The molecule has 0 fully saturated rings. The third-order valence-corrected chi connectivity index (χ3v) is 4.60. The Hall–Kier alpha value is -1.36. The molecule has 0 aliphatic rings. The van der Waals surface area contributed by atoms with E-state index in [0.717, 1.165) is 11.3 Å². The molecule has 2 unspecified atom stereocenters. The molecule has 1 aromatic heterocycles. The van der Waals surface area contributed by atoms with Gasteiger partial charge in [-0.15, -0.1) is 11.3 Å². The smallest absolute Gasteiger partial charge is 0.119 e. The molecular formula is C16H21NO2S. The molecule has 1 aromatic carbocycles. The molecular weight excluding hydrogens is 270 g/mol. The fourth-order valence-corrected chi connectivity index (χ4v) is 2.98. The van der Waals surface area contributed by atoms with Crippen LogP contribution in [0.4, 0.5) is 0 Å². The molecule has 2 rings (SSSR count). The van der Waals surface area contributed by atoms with Gasteiger partial charge < -0.3 is 9.84 Å². The molecule has 0 spiro atoms. The molecule has 1 heterocycles. The van der Waals surface area contributed by atoms with Crippen LogP contribution in [-0.4, -0.2) is 30.7 Å². The number of ether oxygens (including phenoxy) is 1. The zero-order chi connectivity index (χ0) is 14.5. The predicted molar refractivity (Wildman–Crippen MR) is 83.3 cm³/mol. The molecule has 0 amide bonds. The summed E-state index contributed by atoms with van der Waals surface area (Å²) in [5.41, 5.74) is 0.884. The van der Waals surface area contributed by atoms with Crippen LogP contribution in [-0.2, 0) is 0 Å². The molecule has 3 nitrogen and oxygen atoms in total. The third-order valence-electron chi connectivity index (χ3n) is 3.56. The zero-order valence-electron chi connectivity index (χ0n) is 12.1. The molecule has 20 heavy (non-hydrogen) atoms. The summed E-state index contributed by atoms with van der Waals surface area (Å²) in [6, 6.07) is 12.1. The number of thiophene rings is 1. The van der Waals surface area contributed by atoms with E-state index in [0.29, 0.717) is 12.6 Å². The molecule has 108 valence electrons. The zero-order valence-corrected chi connectivity index (χ0v) is 12.9. The van der Waals surface area contributed by atoms with Gasteiger partial charge in [-0.2, -0.15) is 0 Å². The third kappa shape index (κ3) is 3.60. The Balaban J connectivity index is 2.01. The fraction of sp³-hybridized carbons (Fsp3) is 0.375. The van der Waals surface area contributed by atoms with Gasteiger partial charge in [0.2, 0.25) is 0 Å².